The first-order chi connectivity index (χ1) is 6.19. The topological polar surface area (TPSA) is 4.36 Å². The predicted molar refractivity (Wildman–Crippen MR) is 53.5 cm³/mol. The van der Waals surface area contributed by atoms with E-state index in [1.54, 1.807) is 0 Å². The van der Waals surface area contributed by atoms with E-state index in [-0.39, 0.29) is 5.54 Å². The van der Waals surface area contributed by atoms with Crippen LogP contribution in [0.25, 0.3) is 4.85 Å². The number of hydrogen-bond donors (Lipinski definition) is 0. The maximum Gasteiger partial charge on any atom is 0.260 e. The van der Waals surface area contributed by atoms with Crippen molar-refractivity contribution in [2.24, 2.45) is 5.92 Å². The Kier molecular flexibility index (Phi) is 1.82. The van der Waals surface area contributed by atoms with E-state index < -0.39 is 0 Å². The van der Waals surface area contributed by atoms with Crippen LogP contribution in [0.4, 0.5) is 0 Å². The minimum absolute atomic E-state index is 0.259. The third-order valence-corrected chi connectivity index (χ3v) is 3.03. The van der Waals surface area contributed by atoms with Gasteiger partial charge in [-0.3, -0.25) is 0 Å². The average Bonchev–Trinajstić information content (AvgIpc) is 2.78. The van der Waals surface area contributed by atoms with Crippen LogP contribution in [-0.2, 0) is 5.54 Å². The van der Waals surface area contributed by atoms with Gasteiger partial charge in [0.2, 0.25) is 0 Å². The molecule has 1 aromatic rings. The van der Waals surface area contributed by atoms with Gasteiger partial charge in [-0.1, -0.05) is 30.7 Å². The first kappa shape index (κ1) is 8.59. The zero-order valence-corrected chi connectivity index (χ0v) is 8.17. The van der Waals surface area contributed by atoms with E-state index in [9.17, 15) is 0 Å². The molecule has 1 aliphatic carbocycles. The summed E-state index contributed by atoms with van der Waals surface area (Å²) in [6.07, 6.45) is 0.969. The van der Waals surface area contributed by atoms with Crippen LogP contribution in [-0.4, -0.2) is 0 Å². The molecule has 1 saturated carbocycles. The minimum Gasteiger partial charge on any atom is -0.305 e. The molecule has 0 bridgehead atoms. The van der Waals surface area contributed by atoms with Crippen molar-refractivity contribution in [1.82, 2.24) is 0 Å². The van der Waals surface area contributed by atoms with Gasteiger partial charge in [0.05, 0.1) is 0 Å². The average molecular weight is 192 g/mol. The standard InChI is InChI=1S/C11H10ClN/c1-8-7-11(8,13-2)9-4-3-5-10(12)6-9/h3-6,8H,7H2,1H3. The molecule has 13 heavy (non-hydrogen) atoms. The number of hydrogen-bond acceptors (Lipinski definition) is 0. The fourth-order valence-corrected chi connectivity index (χ4v) is 1.98. The summed E-state index contributed by atoms with van der Waals surface area (Å²) in [4.78, 5) is 3.72. The highest BCUT2D eigenvalue weighted by atomic mass is 35.5. The Balaban J connectivity index is 2.42. The van der Waals surface area contributed by atoms with E-state index in [4.69, 9.17) is 18.2 Å². The molecule has 1 aromatic carbocycles. The molecule has 0 aromatic heterocycles. The summed E-state index contributed by atoms with van der Waals surface area (Å²) in [5.74, 6) is 0.475. The maximum atomic E-state index is 7.19. The highest BCUT2D eigenvalue weighted by molar-refractivity contribution is 6.30. The normalized spacial score (nSPS) is 31.0. The second kappa shape index (κ2) is 2.75. The summed E-state index contributed by atoms with van der Waals surface area (Å²) in [7, 11) is 0. The molecule has 0 radical (unpaired) electrons. The Hall–Kier alpha value is -1.00. The quantitative estimate of drug-likeness (QED) is 0.599. The van der Waals surface area contributed by atoms with E-state index >= 15 is 0 Å². The predicted octanol–water partition coefficient (Wildman–Crippen LogP) is 3.49. The van der Waals surface area contributed by atoms with Gasteiger partial charge in [0.15, 0.2) is 0 Å². The zero-order chi connectivity index (χ0) is 9.47. The molecule has 1 fully saturated rings. The van der Waals surface area contributed by atoms with Crippen molar-refractivity contribution in [1.29, 1.82) is 0 Å². The number of benzene rings is 1. The van der Waals surface area contributed by atoms with Crippen LogP contribution in [0.3, 0.4) is 0 Å². The molecule has 0 heterocycles. The van der Waals surface area contributed by atoms with E-state index in [1.807, 2.05) is 24.3 Å². The van der Waals surface area contributed by atoms with Crippen LogP contribution in [0, 0.1) is 12.5 Å². The Morgan fingerprint density at radius 3 is 2.77 bits per heavy atom. The molecule has 66 valence electrons. The van der Waals surface area contributed by atoms with E-state index in [1.165, 1.54) is 0 Å². The summed E-state index contributed by atoms with van der Waals surface area (Å²) >= 11 is 5.88. The van der Waals surface area contributed by atoms with Gasteiger partial charge < -0.3 is 4.85 Å². The highest BCUT2D eigenvalue weighted by Crippen LogP contribution is 2.55. The van der Waals surface area contributed by atoms with Gasteiger partial charge in [-0.15, -0.1) is 0 Å². The lowest BCUT2D eigenvalue weighted by atomic mass is 10.0. The lowest BCUT2D eigenvalue weighted by molar-refractivity contribution is 0.773. The number of rotatable bonds is 1. The van der Waals surface area contributed by atoms with Gasteiger partial charge >= 0.3 is 0 Å². The van der Waals surface area contributed by atoms with Crippen molar-refractivity contribution in [3.63, 3.8) is 0 Å². The summed E-state index contributed by atoms with van der Waals surface area (Å²) in [5, 5.41) is 0.722. The zero-order valence-electron chi connectivity index (χ0n) is 7.42. The van der Waals surface area contributed by atoms with Gasteiger partial charge in [0.1, 0.15) is 0 Å². The Morgan fingerprint density at radius 1 is 1.62 bits per heavy atom. The van der Waals surface area contributed by atoms with Crippen LogP contribution < -0.4 is 0 Å². The Labute approximate surface area is 83.2 Å². The molecule has 1 aliphatic rings. The summed E-state index contributed by atoms with van der Waals surface area (Å²) < 4.78 is 0. The molecule has 0 spiro atoms. The van der Waals surface area contributed by atoms with Crippen LogP contribution in [0.1, 0.15) is 18.9 Å². The first-order valence-corrected chi connectivity index (χ1v) is 4.71. The van der Waals surface area contributed by atoms with Crippen molar-refractivity contribution >= 4 is 11.6 Å². The van der Waals surface area contributed by atoms with Gasteiger partial charge in [0.25, 0.3) is 5.54 Å². The third kappa shape index (κ3) is 1.22. The molecule has 0 saturated heterocycles. The van der Waals surface area contributed by atoms with Gasteiger partial charge in [0, 0.05) is 22.9 Å². The second-order valence-corrected chi connectivity index (χ2v) is 4.09. The number of halogens is 1. The molecule has 2 heteroatoms. The van der Waals surface area contributed by atoms with Gasteiger partial charge in [-0.2, -0.15) is 0 Å². The number of nitrogens with zero attached hydrogens (tertiary/aromatic N) is 1. The smallest absolute Gasteiger partial charge is 0.260 e. The molecule has 2 unspecified atom stereocenters. The van der Waals surface area contributed by atoms with Crippen molar-refractivity contribution in [3.8, 4) is 0 Å². The van der Waals surface area contributed by atoms with Crippen LogP contribution in [0.5, 0.6) is 0 Å². The monoisotopic (exact) mass is 191 g/mol. The SMILES string of the molecule is [C-]#[N+]C1(c2cccc(Cl)c2)CC1C. The molecule has 1 nitrogen and oxygen atoms in total. The molecular weight excluding hydrogens is 182 g/mol. The van der Waals surface area contributed by atoms with Crippen molar-refractivity contribution in [2.75, 3.05) is 0 Å². The Morgan fingerprint density at radius 2 is 2.31 bits per heavy atom. The van der Waals surface area contributed by atoms with E-state index in [2.05, 4.69) is 11.8 Å². The lowest BCUT2D eigenvalue weighted by Gasteiger charge is -2.03. The van der Waals surface area contributed by atoms with Crippen LogP contribution >= 0.6 is 11.6 Å². The van der Waals surface area contributed by atoms with Gasteiger partial charge in [-0.05, 0) is 12.1 Å². The third-order valence-electron chi connectivity index (χ3n) is 2.80. The van der Waals surface area contributed by atoms with Crippen molar-refractivity contribution in [2.45, 2.75) is 18.9 Å². The summed E-state index contributed by atoms with van der Waals surface area (Å²) in [6.45, 7) is 9.30. The molecule has 2 rings (SSSR count). The second-order valence-electron chi connectivity index (χ2n) is 3.65. The van der Waals surface area contributed by atoms with E-state index in [0.717, 1.165) is 17.0 Å². The molecule has 0 N–H and O–H groups in total. The fourth-order valence-electron chi connectivity index (χ4n) is 1.79. The molecule has 0 aliphatic heterocycles. The summed E-state index contributed by atoms with van der Waals surface area (Å²) in [6, 6.07) is 7.65. The largest absolute Gasteiger partial charge is 0.305 e. The Bertz CT molecular complexity index is 380. The van der Waals surface area contributed by atoms with Crippen LogP contribution in [0.2, 0.25) is 5.02 Å². The maximum absolute atomic E-state index is 7.19. The lowest BCUT2D eigenvalue weighted by Crippen LogP contribution is -2.02. The minimum atomic E-state index is -0.259. The molecule has 2 atom stereocenters. The fraction of sp³-hybridized carbons (Fsp3) is 0.364. The molecular formula is C11H10ClN. The first-order valence-electron chi connectivity index (χ1n) is 4.34. The highest BCUT2D eigenvalue weighted by Gasteiger charge is 2.60. The van der Waals surface area contributed by atoms with E-state index in [0.29, 0.717) is 5.92 Å². The molecule has 0 amide bonds. The van der Waals surface area contributed by atoms with Crippen molar-refractivity contribution < 1.29 is 0 Å². The van der Waals surface area contributed by atoms with Crippen LogP contribution in [0.15, 0.2) is 24.3 Å². The summed E-state index contributed by atoms with van der Waals surface area (Å²) in [5.41, 5.74) is 0.813. The van der Waals surface area contributed by atoms with Crippen molar-refractivity contribution in [3.05, 3.63) is 46.3 Å². The van der Waals surface area contributed by atoms with Gasteiger partial charge in [-0.25, -0.2) is 6.57 Å².